The molecule has 0 amide bonds. The van der Waals surface area contributed by atoms with Gasteiger partial charge < -0.3 is 21.4 Å². The number of aliphatic imine (C=N–C) groups is 1. The zero-order chi connectivity index (χ0) is 17.1. The number of nitrogens with two attached hydrogens (primary N) is 2. The van der Waals surface area contributed by atoms with Crippen LogP contribution in [0.3, 0.4) is 0 Å². The third-order valence-corrected chi connectivity index (χ3v) is 2.02. The van der Waals surface area contributed by atoms with Crippen LogP contribution in [-0.4, -0.2) is 27.8 Å². The Labute approximate surface area is 124 Å². The van der Waals surface area contributed by atoms with Crippen molar-refractivity contribution in [3.05, 3.63) is 56.6 Å². The van der Waals surface area contributed by atoms with Crippen molar-refractivity contribution in [1.82, 2.24) is 0 Å². The van der Waals surface area contributed by atoms with Crippen molar-refractivity contribution in [2.45, 2.75) is 6.61 Å². The standard InChI is InChI=1S/C11H14N4O3.HNO3/c1-2-5-18-7-8-3-4-9(15(16)17)6-10(8)14-11(12)13;2-1(3)4/h2-4,6H,1,5,7H2,(H4,12,13,14);(H,2,3,4). The van der Waals surface area contributed by atoms with Gasteiger partial charge in [0.25, 0.3) is 10.8 Å². The number of nitro groups is 1. The number of nitrogens with zero attached hydrogens (tertiary/aromatic N) is 3. The molecular formula is C11H15N5O6. The van der Waals surface area contributed by atoms with E-state index in [1.807, 2.05) is 0 Å². The lowest BCUT2D eigenvalue weighted by Crippen LogP contribution is -2.22. The number of ether oxygens (including phenoxy) is 1. The Morgan fingerprint density at radius 1 is 1.41 bits per heavy atom. The number of benzene rings is 1. The van der Waals surface area contributed by atoms with Crippen LogP contribution in [0.15, 0.2) is 35.8 Å². The Hall–Kier alpha value is -3.21. The Balaban J connectivity index is 0.000000980. The van der Waals surface area contributed by atoms with Gasteiger partial charge in [-0.3, -0.25) is 10.1 Å². The van der Waals surface area contributed by atoms with Crippen LogP contribution in [-0.2, 0) is 11.3 Å². The average Bonchev–Trinajstić information content (AvgIpc) is 2.39. The second-order valence-corrected chi connectivity index (χ2v) is 3.65. The molecule has 0 saturated carbocycles. The summed E-state index contributed by atoms with van der Waals surface area (Å²) >= 11 is 0. The van der Waals surface area contributed by atoms with Crippen LogP contribution in [0.5, 0.6) is 0 Å². The molecule has 0 aliphatic rings. The van der Waals surface area contributed by atoms with Crippen LogP contribution >= 0.6 is 0 Å². The van der Waals surface area contributed by atoms with E-state index in [4.69, 9.17) is 31.5 Å². The first kappa shape index (κ1) is 18.8. The molecule has 0 aliphatic carbocycles. The smallest absolute Gasteiger partial charge is 0.291 e. The maximum atomic E-state index is 10.7. The second kappa shape index (κ2) is 9.66. The van der Waals surface area contributed by atoms with Crippen molar-refractivity contribution in [3.63, 3.8) is 0 Å². The molecule has 0 atom stereocenters. The first-order valence-corrected chi connectivity index (χ1v) is 5.66. The van der Waals surface area contributed by atoms with Gasteiger partial charge in [0.2, 0.25) is 0 Å². The van der Waals surface area contributed by atoms with Crippen LogP contribution in [0, 0.1) is 20.2 Å². The van der Waals surface area contributed by atoms with Gasteiger partial charge in [-0.05, 0) is 6.07 Å². The maximum Gasteiger partial charge on any atom is 0.291 e. The second-order valence-electron chi connectivity index (χ2n) is 3.65. The van der Waals surface area contributed by atoms with Crippen molar-refractivity contribution in [2.75, 3.05) is 6.61 Å². The zero-order valence-electron chi connectivity index (χ0n) is 11.4. The summed E-state index contributed by atoms with van der Waals surface area (Å²) in [6, 6.07) is 4.23. The van der Waals surface area contributed by atoms with E-state index < -0.39 is 10.0 Å². The molecule has 0 radical (unpaired) electrons. The topological polar surface area (TPSA) is 180 Å². The lowest BCUT2D eigenvalue weighted by molar-refractivity contribution is -0.742. The van der Waals surface area contributed by atoms with E-state index in [1.165, 1.54) is 12.1 Å². The predicted octanol–water partition coefficient (Wildman–Crippen LogP) is 0.855. The Morgan fingerprint density at radius 3 is 2.45 bits per heavy atom. The summed E-state index contributed by atoms with van der Waals surface area (Å²) in [5.74, 6) is -0.166. The number of hydrogen-bond acceptors (Lipinski definition) is 6. The minimum absolute atomic E-state index is 0.0810. The van der Waals surface area contributed by atoms with E-state index >= 15 is 0 Å². The van der Waals surface area contributed by atoms with E-state index in [9.17, 15) is 10.1 Å². The fourth-order valence-corrected chi connectivity index (χ4v) is 1.28. The molecular weight excluding hydrogens is 298 g/mol. The Kier molecular flexibility index (Phi) is 8.25. The summed E-state index contributed by atoms with van der Waals surface area (Å²) in [5.41, 5.74) is 11.5. The van der Waals surface area contributed by atoms with E-state index in [1.54, 1.807) is 12.1 Å². The fourth-order valence-electron chi connectivity index (χ4n) is 1.28. The lowest BCUT2D eigenvalue weighted by atomic mass is 10.1. The molecule has 11 heteroatoms. The van der Waals surface area contributed by atoms with Crippen LogP contribution in [0.4, 0.5) is 11.4 Å². The number of rotatable bonds is 6. The van der Waals surface area contributed by atoms with Crippen LogP contribution in [0.2, 0.25) is 0 Å². The molecule has 1 aromatic rings. The number of nitro benzene ring substituents is 1. The molecule has 1 aromatic carbocycles. The minimum Gasteiger partial charge on any atom is -0.373 e. The lowest BCUT2D eigenvalue weighted by Gasteiger charge is -2.06. The maximum absolute atomic E-state index is 10.7. The molecule has 0 heterocycles. The average molecular weight is 313 g/mol. The largest absolute Gasteiger partial charge is 0.373 e. The summed E-state index contributed by atoms with van der Waals surface area (Å²) in [7, 11) is 0. The molecule has 0 aromatic heterocycles. The SMILES string of the molecule is C=CCOCc1ccc([N+](=O)[O-])cc1N=C(N)N.O=[N+]([O-])O. The highest BCUT2D eigenvalue weighted by molar-refractivity contribution is 5.79. The third kappa shape index (κ3) is 8.06. The molecule has 1 rings (SSSR count). The Morgan fingerprint density at radius 2 is 2.00 bits per heavy atom. The van der Waals surface area contributed by atoms with Crippen molar-refractivity contribution in [3.8, 4) is 0 Å². The third-order valence-electron chi connectivity index (χ3n) is 2.02. The van der Waals surface area contributed by atoms with Gasteiger partial charge in [0.1, 0.15) is 0 Å². The van der Waals surface area contributed by atoms with Gasteiger partial charge >= 0.3 is 0 Å². The summed E-state index contributed by atoms with van der Waals surface area (Å²) in [5, 5.41) is 24.3. The summed E-state index contributed by atoms with van der Waals surface area (Å²) in [6.45, 7) is 4.14. The van der Waals surface area contributed by atoms with Gasteiger partial charge in [0.05, 0.1) is 23.8 Å². The van der Waals surface area contributed by atoms with Crippen molar-refractivity contribution >= 4 is 17.3 Å². The fraction of sp³-hybridized carbons (Fsp3) is 0.182. The molecule has 5 N–H and O–H groups in total. The van der Waals surface area contributed by atoms with Gasteiger partial charge in [0.15, 0.2) is 5.96 Å². The summed E-state index contributed by atoms with van der Waals surface area (Å²) in [4.78, 5) is 22.4. The monoisotopic (exact) mass is 313 g/mol. The normalized spacial score (nSPS) is 9.09. The van der Waals surface area contributed by atoms with Crippen LogP contribution < -0.4 is 11.5 Å². The van der Waals surface area contributed by atoms with Gasteiger partial charge in [-0.1, -0.05) is 6.08 Å². The molecule has 11 nitrogen and oxygen atoms in total. The van der Waals surface area contributed by atoms with Crippen molar-refractivity contribution < 1.29 is 20.0 Å². The predicted molar refractivity (Wildman–Crippen MR) is 77.2 cm³/mol. The quantitative estimate of drug-likeness (QED) is 0.172. The minimum atomic E-state index is -1.50. The zero-order valence-corrected chi connectivity index (χ0v) is 11.4. The van der Waals surface area contributed by atoms with Crippen LogP contribution in [0.1, 0.15) is 5.56 Å². The molecule has 0 unspecified atom stereocenters. The number of guanidine groups is 1. The molecule has 0 spiro atoms. The van der Waals surface area contributed by atoms with Gasteiger partial charge in [-0.25, -0.2) is 4.99 Å². The van der Waals surface area contributed by atoms with E-state index in [2.05, 4.69) is 11.6 Å². The van der Waals surface area contributed by atoms with E-state index in [-0.39, 0.29) is 18.3 Å². The highest BCUT2D eigenvalue weighted by atomic mass is 16.9. The highest BCUT2D eigenvalue weighted by Gasteiger charge is 2.10. The Bertz CT molecular complexity index is 566. The summed E-state index contributed by atoms with van der Waals surface area (Å²) < 4.78 is 5.25. The number of hydrogen-bond donors (Lipinski definition) is 3. The van der Waals surface area contributed by atoms with Gasteiger partial charge in [-0.15, -0.1) is 16.7 Å². The van der Waals surface area contributed by atoms with Crippen LogP contribution in [0.25, 0.3) is 0 Å². The first-order chi connectivity index (χ1) is 10.3. The van der Waals surface area contributed by atoms with E-state index in [0.717, 1.165) is 0 Å². The number of non-ortho nitro benzene ring substituents is 1. The van der Waals surface area contributed by atoms with Gasteiger partial charge in [0, 0.05) is 17.7 Å². The molecule has 0 saturated heterocycles. The molecule has 120 valence electrons. The van der Waals surface area contributed by atoms with Crippen molar-refractivity contribution in [2.24, 2.45) is 16.5 Å². The molecule has 0 bridgehead atoms. The molecule has 22 heavy (non-hydrogen) atoms. The highest BCUT2D eigenvalue weighted by Crippen LogP contribution is 2.25. The van der Waals surface area contributed by atoms with Gasteiger partial charge in [-0.2, -0.15) is 0 Å². The first-order valence-electron chi connectivity index (χ1n) is 5.66. The summed E-state index contributed by atoms with van der Waals surface area (Å²) in [6.07, 6.45) is 1.60. The molecule has 0 aliphatic heterocycles. The van der Waals surface area contributed by atoms with E-state index in [0.29, 0.717) is 17.9 Å². The van der Waals surface area contributed by atoms with Crippen molar-refractivity contribution in [1.29, 1.82) is 0 Å². The molecule has 0 fully saturated rings.